The number of hydrogen-bond donors (Lipinski definition) is 1. The van der Waals surface area contributed by atoms with E-state index < -0.39 is 0 Å². The van der Waals surface area contributed by atoms with Crippen LogP contribution in [-0.2, 0) is 9.53 Å². The zero-order valence-corrected chi connectivity index (χ0v) is 10.5. The summed E-state index contributed by atoms with van der Waals surface area (Å²) in [6.07, 6.45) is 1.41. The van der Waals surface area contributed by atoms with Crippen LogP contribution in [0.5, 0.6) is 0 Å². The van der Waals surface area contributed by atoms with Gasteiger partial charge in [-0.25, -0.2) is 0 Å². The summed E-state index contributed by atoms with van der Waals surface area (Å²) in [5, 5.41) is 9.04. The van der Waals surface area contributed by atoms with Crippen LogP contribution in [0.25, 0.3) is 0 Å². The number of rotatable bonds is 4. The van der Waals surface area contributed by atoms with Crippen molar-refractivity contribution < 1.29 is 14.6 Å². The number of carbonyl (C=O) groups excluding carboxylic acids is 1. The molecular formula is C12H23NO3. The summed E-state index contributed by atoms with van der Waals surface area (Å²) in [5.74, 6) is 0.610. The molecule has 3 atom stereocenters. The lowest BCUT2D eigenvalue weighted by Crippen LogP contribution is -2.52. The largest absolute Gasteiger partial charge is 0.394 e. The van der Waals surface area contributed by atoms with Gasteiger partial charge in [0.2, 0.25) is 5.91 Å². The molecule has 1 aliphatic heterocycles. The van der Waals surface area contributed by atoms with E-state index in [9.17, 15) is 4.79 Å². The predicted molar refractivity (Wildman–Crippen MR) is 62.1 cm³/mol. The molecule has 0 spiro atoms. The van der Waals surface area contributed by atoms with Crippen LogP contribution in [0.3, 0.4) is 0 Å². The average Bonchev–Trinajstić information content (AvgIpc) is 2.29. The molecule has 1 N–H and O–H groups in total. The Bertz CT molecular complexity index is 232. The van der Waals surface area contributed by atoms with E-state index in [1.54, 1.807) is 0 Å². The lowest BCUT2D eigenvalue weighted by molar-refractivity contribution is -0.147. The molecule has 1 rings (SSSR count). The van der Waals surface area contributed by atoms with E-state index in [0.717, 1.165) is 6.42 Å². The molecular weight excluding hydrogens is 206 g/mol. The molecule has 1 saturated heterocycles. The predicted octanol–water partition coefficient (Wildman–Crippen LogP) is 1.03. The SMILES string of the molecule is CCC(C)CC(=O)N1CC(CO)OCC1C. The molecule has 1 amide bonds. The van der Waals surface area contributed by atoms with Crippen LogP contribution in [0.4, 0.5) is 0 Å². The van der Waals surface area contributed by atoms with Crippen molar-refractivity contribution in [2.75, 3.05) is 19.8 Å². The van der Waals surface area contributed by atoms with Crippen LogP contribution >= 0.6 is 0 Å². The van der Waals surface area contributed by atoms with Crippen LogP contribution in [0, 0.1) is 5.92 Å². The van der Waals surface area contributed by atoms with Crippen molar-refractivity contribution in [3.63, 3.8) is 0 Å². The number of aliphatic hydroxyl groups is 1. The van der Waals surface area contributed by atoms with Crippen LogP contribution in [-0.4, -0.2) is 47.8 Å². The Morgan fingerprint density at radius 3 is 2.88 bits per heavy atom. The van der Waals surface area contributed by atoms with Crippen LogP contribution in [0.2, 0.25) is 0 Å². The van der Waals surface area contributed by atoms with Gasteiger partial charge in [-0.15, -0.1) is 0 Å². The molecule has 4 heteroatoms. The summed E-state index contributed by atoms with van der Waals surface area (Å²) in [6.45, 7) is 7.20. The number of carbonyl (C=O) groups is 1. The van der Waals surface area contributed by atoms with Gasteiger partial charge in [0.05, 0.1) is 25.4 Å². The number of morpholine rings is 1. The Morgan fingerprint density at radius 2 is 2.31 bits per heavy atom. The quantitative estimate of drug-likeness (QED) is 0.783. The van der Waals surface area contributed by atoms with Crippen LogP contribution in [0.15, 0.2) is 0 Å². The standard InChI is InChI=1S/C12H23NO3/c1-4-9(2)5-12(15)13-6-11(7-14)16-8-10(13)3/h9-11,14H,4-8H2,1-3H3. The maximum Gasteiger partial charge on any atom is 0.223 e. The van der Waals surface area contributed by atoms with E-state index in [-0.39, 0.29) is 24.7 Å². The molecule has 1 fully saturated rings. The summed E-state index contributed by atoms with van der Waals surface area (Å²) in [7, 11) is 0. The van der Waals surface area contributed by atoms with E-state index in [4.69, 9.17) is 9.84 Å². The van der Waals surface area contributed by atoms with Crippen molar-refractivity contribution >= 4 is 5.91 Å². The van der Waals surface area contributed by atoms with Crippen molar-refractivity contribution in [2.45, 2.75) is 45.8 Å². The molecule has 0 aliphatic carbocycles. The minimum atomic E-state index is -0.211. The molecule has 4 nitrogen and oxygen atoms in total. The number of nitrogens with zero attached hydrogens (tertiary/aromatic N) is 1. The second kappa shape index (κ2) is 6.21. The van der Waals surface area contributed by atoms with E-state index in [0.29, 0.717) is 25.5 Å². The first-order valence-electron chi connectivity index (χ1n) is 6.10. The fourth-order valence-electron chi connectivity index (χ4n) is 1.84. The summed E-state index contributed by atoms with van der Waals surface area (Å²) in [5.41, 5.74) is 0. The van der Waals surface area contributed by atoms with E-state index in [2.05, 4.69) is 13.8 Å². The number of ether oxygens (including phenoxy) is 1. The molecule has 0 aromatic carbocycles. The Kier molecular flexibility index (Phi) is 5.22. The van der Waals surface area contributed by atoms with E-state index >= 15 is 0 Å². The van der Waals surface area contributed by atoms with Crippen molar-refractivity contribution in [3.05, 3.63) is 0 Å². The fourth-order valence-corrected chi connectivity index (χ4v) is 1.84. The Labute approximate surface area is 97.6 Å². The third-order valence-corrected chi connectivity index (χ3v) is 3.25. The van der Waals surface area contributed by atoms with E-state index in [1.165, 1.54) is 0 Å². The molecule has 3 unspecified atom stereocenters. The third kappa shape index (κ3) is 3.46. The monoisotopic (exact) mass is 229 g/mol. The van der Waals surface area contributed by atoms with Crippen molar-refractivity contribution in [2.24, 2.45) is 5.92 Å². The van der Waals surface area contributed by atoms with Gasteiger partial charge in [0, 0.05) is 13.0 Å². The first-order chi connectivity index (χ1) is 7.58. The van der Waals surface area contributed by atoms with Gasteiger partial charge in [-0.1, -0.05) is 20.3 Å². The Balaban J connectivity index is 2.51. The second-order valence-electron chi connectivity index (χ2n) is 4.75. The van der Waals surface area contributed by atoms with Gasteiger partial charge in [-0.05, 0) is 12.8 Å². The average molecular weight is 229 g/mol. The van der Waals surface area contributed by atoms with Gasteiger partial charge >= 0.3 is 0 Å². The number of aliphatic hydroxyl groups excluding tert-OH is 1. The highest BCUT2D eigenvalue weighted by Crippen LogP contribution is 2.16. The van der Waals surface area contributed by atoms with Crippen LogP contribution < -0.4 is 0 Å². The third-order valence-electron chi connectivity index (χ3n) is 3.25. The van der Waals surface area contributed by atoms with Crippen molar-refractivity contribution in [1.82, 2.24) is 4.90 Å². The lowest BCUT2D eigenvalue weighted by atomic mass is 10.0. The Morgan fingerprint density at radius 1 is 1.62 bits per heavy atom. The van der Waals surface area contributed by atoms with Gasteiger partial charge in [0.15, 0.2) is 0 Å². The Hall–Kier alpha value is -0.610. The maximum absolute atomic E-state index is 12.0. The first-order valence-corrected chi connectivity index (χ1v) is 6.10. The van der Waals surface area contributed by atoms with Crippen molar-refractivity contribution in [3.8, 4) is 0 Å². The van der Waals surface area contributed by atoms with Crippen LogP contribution in [0.1, 0.15) is 33.6 Å². The highest BCUT2D eigenvalue weighted by atomic mass is 16.5. The first kappa shape index (κ1) is 13.5. The molecule has 0 aromatic heterocycles. The molecule has 0 saturated carbocycles. The topological polar surface area (TPSA) is 49.8 Å². The molecule has 1 aliphatic rings. The zero-order valence-electron chi connectivity index (χ0n) is 10.5. The lowest BCUT2D eigenvalue weighted by Gasteiger charge is -2.38. The van der Waals surface area contributed by atoms with Crippen molar-refractivity contribution in [1.29, 1.82) is 0 Å². The molecule has 16 heavy (non-hydrogen) atoms. The molecule has 0 bridgehead atoms. The zero-order chi connectivity index (χ0) is 12.1. The number of hydrogen-bond acceptors (Lipinski definition) is 3. The minimum absolute atomic E-state index is 0.0141. The molecule has 0 radical (unpaired) electrons. The molecule has 1 heterocycles. The maximum atomic E-state index is 12.0. The van der Waals surface area contributed by atoms with Gasteiger partial charge in [-0.2, -0.15) is 0 Å². The number of amides is 1. The van der Waals surface area contributed by atoms with Gasteiger partial charge < -0.3 is 14.7 Å². The highest BCUT2D eigenvalue weighted by Gasteiger charge is 2.29. The summed E-state index contributed by atoms with van der Waals surface area (Å²) < 4.78 is 5.41. The van der Waals surface area contributed by atoms with Gasteiger partial charge in [0.25, 0.3) is 0 Å². The fraction of sp³-hybridized carbons (Fsp3) is 0.917. The summed E-state index contributed by atoms with van der Waals surface area (Å²) in [4.78, 5) is 13.9. The normalized spacial score (nSPS) is 27.9. The molecule has 94 valence electrons. The molecule has 0 aromatic rings. The summed E-state index contributed by atoms with van der Waals surface area (Å²) >= 11 is 0. The smallest absolute Gasteiger partial charge is 0.223 e. The van der Waals surface area contributed by atoms with E-state index in [1.807, 2.05) is 11.8 Å². The minimum Gasteiger partial charge on any atom is -0.394 e. The highest BCUT2D eigenvalue weighted by molar-refractivity contribution is 5.76. The van der Waals surface area contributed by atoms with Gasteiger partial charge in [0.1, 0.15) is 0 Å². The van der Waals surface area contributed by atoms with Gasteiger partial charge in [-0.3, -0.25) is 4.79 Å². The second-order valence-corrected chi connectivity index (χ2v) is 4.75. The summed E-state index contributed by atoms with van der Waals surface area (Å²) in [6, 6.07) is 0.124.